The van der Waals surface area contributed by atoms with Gasteiger partial charge in [0.15, 0.2) is 10.8 Å². The molecule has 3 N–H and O–H groups in total. The maximum absolute atomic E-state index is 13.2. The molecule has 0 spiro atoms. The summed E-state index contributed by atoms with van der Waals surface area (Å²) in [6.07, 6.45) is 1.83. The number of aliphatic carboxylic acids is 1. The van der Waals surface area contributed by atoms with Crippen molar-refractivity contribution in [2.75, 3.05) is 30.0 Å². The maximum Gasteiger partial charge on any atom is 0.313 e. The van der Waals surface area contributed by atoms with Crippen molar-refractivity contribution in [3.63, 3.8) is 0 Å². The number of nitrogens with one attached hydrogen (secondary N) is 2. The van der Waals surface area contributed by atoms with Gasteiger partial charge in [-0.25, -0.2) is 9.67 Å². The Kier molecular flexibility index (Phi) is 8.54. The second-order valence-corrected chi connectivity index (χ2v) is 11.7. The third-order valence-electron chi connectivity index (χ3n) is 5.50. The summed E-state index contributed by atoms with van der Waals surface area (Å²) in [5.74, 6) is -1.92. The predicted molar refractivity (Wildman–Crippen MR) is 139 cm³/mol. The fourth-order valence-electron chi connectivity index (χ4n) is 3.57. The zero-order valence-corrected chi connectivity index (χ0v) is 22.8. The van der Waals surface area contributed by atoms with E-state index in [9.17, 15) is 24.3 Å². The molecule has 3 atom stereocenters. The molecule has 2 aliphatic rings. The molecule has 0 aliphatic carbocycles. The third kappa shape index (κ3) is 5.47. The lowest BCUT2D eigenvalue weighted by Gasteiger charge is -2.53. The average Bonchev–Trinajstić information content (AvgIpc) is 3.47. The van der Waals surface area contributed by atoms with Gasteiger partial charge in [0.2, 0.25) is 17.5 Å². The lowest BCUT2D eigenvalue weighted by atomic mass is 9.89. The van der Waals surface area contributed by atoms with Crippen LogP contribution in [0.1, 0.15) is 5.69 Å². The molecule has 2 aromatic heterocycles. The summed E-state index contributed by atoms with van der Waals surface area (Å²) < 4.78 is 1.50. The number of halogens is 1. The molecule has 4 heterocycles. The van der Waals surface area contributed by atoms with Crippen molar-refractivity contribution in [3.05, 3.63) is 22.7 Å². The Morgan fingerprint density at radius 1 is 1.47 bits per heavy atom. The topological polar surface area (TPSA) is 194 Å². The Hall–Kier alpha value is -3.22. The van der Waals surface area contributed by atoms with Gasteiger partial charge in [-0.3, -0.25) is 19.2 Å². The van der Waals surface area contributed by atoms with Gasteiger partial charge in [-0.1, -0.05) is 52.5 Å². The molecule has 19 heteroatoms. The van der Waals surface area contributed by atoms with Gasteiger partial charge in [0.05, 0.1) is 0 Å². The number of carboxylic acid groups (broad SMARTS) is 1. The molecule has 4 rings (SSSR count). The molecule has 0 radical (unpaired) electrons. The van der Waals surface area contributed by atoms with Crippen molar-refractivity contribution < 1.29 is 29.1 Å². The second-order valence-electron chi connectivity index (χ2n) is 8.01. The number of hydrogen-bond acceptors (Lipinski definition) is 13. The number of carbonyl (C=O) groups is 4. The molecular formula is C19H20ClN9O6S3. The first-order chi connectivity index (χ1) is 18.2. The molecule has 2 unspecified atom stereocenters. The van der Waals surface area contributed by atoms with Gasteiger partial charge in [-0.05, 0) is 10.4 Å². The fraction of sp³-hybridized carbons (Fsp3) is 0.421. The van der Waals surface area contributed by atoms with Crippen LogP contribution >= 0.6 is 46.5 Å². The number of oxime groups is 1. The van der Waals surface area contributed by atoms with Crippen LogP contribution in [0.3, 0.4) is 0 Å². The fourth-order valence-corrected chi connectivity index (χ4v) is 7.28. The number of β-lactam (4-membered cyclic amide) rings is 1. The Balaban J connectivity index is 1.46. The van der Waals surface area contributed by atoms with Gasteiger partial charge in [-0.2, -0.15) is 0 Å². The minimum absolute atomic E-state index is 0.00766. The van der Waals surface area contributed by atoms with Crippen LogP contribution in [0.25, 0.3) is 0 Å². The second kappa shape index (κ2) is 11.7. The number of rotatable bonds is 12. The highest BCUT2D eigenvalue weighted by molar-refractivity contribution is 8.00. The van der Waals surface area contributed by atoms with E-state index < -0.39 is 34.6 Å². The monoisotopic (exact) mass is 601 g/mol. The Morgan fingerprint density at radius 2 is 2.26 bits per heavy atom. The number of nitrogens with zero attached hydrogens (tertiary/aromatic N) is 7. The zero-order valence-electron chi connectivity index (χ0n) is 19.6. The quantitative estimate of drug-likeness (QED) is 0.0564. The van der Waals surface area contributed by atoms with Gasteiger partial charge in [0.25, 0.3) is 5.91 Å². The lowest BCUT2D eigenvalue weighted by Crippen LogP contribution is -2.74. The largest absolute Gasteiger partial charge is 0.481 e. The minimum atomic E-state index is -1.23. The van der Waals surface area contributed by atoms with Gasteiger partial charge < -0.3 is 25.5 Å². The van der Waals surface area contributed by atoms with Crippen LogP contribution in [0.5, 0.6) is 0 Å². The number of aromatic nitrogens is 5. The standard InChI is InChI=1S/C19H20ClN9O6S3/c1-3-4-35-25-10(9-12(20)38-17(23-9)21-8-30)13(31)22-11-14(32)29-5-19(16(33)34,6-36-15(11)29)7-37-18-24-26-27-28(18)2/h3,8,11,15H,1,4-7H2,2H3,(H,22,31)(H,33,34)(H,21,23,30)/t11?,15-,19?/m1/s1. The first-order valence-corrected chi connectivity index (χ1v) is 13.9. The molecule has 3 amide bonds. The molecule has 0 saturated carbocycles. The van der Waals surface area contributed by atoms with Gasteiger partial charge in [0.1, 0.15) is 33.5 Å². The number of carboxylic acids is 1. The van der Waals surface area contributed by atoms with Crippen LogP contribution in [0.15, 0.2) is 23.0 Å². The number of amides is 3. The summed E-state index contributed by atoms with van der Waals surface area (Å²) in [6, 6.07) is -0.926. The summed E-state index contributed by atoms with van der Waals surface area (Å²) in [7, 11) is 1.64. The Labute approximate surface area is 232 Å². The van der Waals surface area contributed by atoms with E-state index in [1.165, 1.54) is 39.2 Å². The Bertz CT molecular complexity index is 1300. The first kappa shape index (κ1) is 27.8. The van der Waals surface area contributed by atoms with Crippen LogP contribution in [-0.2, 0) is 31.1 Å². The summed E-state index contributed by atoms with van der Waals surface area (Å²) in [4.78, 5) is 59.7. The number of aryl methyl sites for hydroxylation is 1. The average molecular weight is 602 g/mol. The summed E-state index contributed by atoms with van der Waals surface area (Å²) >= 11 is 9.56. The smallest absolute Gasteiger partial charge is 0.313 e. The van der Waals surface area contributed by atoms with E-state index in [1.54, 1.807) is 7.05 Å². The first-order valence-electron chi connectivity index (χ1n) is 10.7. The molecule has 2 aromatic rings. The van der Waals surface area contributed by atoms with Crippen molar-refractivity contribution in [3.8, 4) is 0 Å². The molecule has 0 aromatic carbocycles. The van der Waals surface area contributed by atoms with Gasteiger partial charge in [0, 0.05) is 25.1 Å². The third-order valence-corrected chi connectivity index (χ3v) is 9.57. The van der Waals surface area contributed by atoms with E-state index in [-0.39, 0.29) is 45.5 Å². The molecule has 2 fully saturated rings. The van der Waals surface area contributed by atoms with Crippen LogP contribution in [-0.4, -0.2) is 101 Å². The van der Waals surface area contributed by atoms with Gasteiger partial charge >= 0.3 is 5.97 Å². The minimum Gasteiger partial charge on any atom is -0.481 e. The molecule has 0 bridgehead atoms. The number of anilines is 1. The van der Waals surface area contributed by atoms with E-state index in [0.29, 0.717) is 11.6 Å². The predicted octanol–water partition coefficient (Wildman–Crippen LogP) is 0.0582. The van der Waals surface area contributed by atoms with Crippen LogP contribution < -0.4 is 10.6 Å². The molecular weight excluding hydrogens is 582 g/mol. The lowest BCUT2D eigenvalue weighted by molar-refractivity contribution is -0.157. The highest BCUT2D eigenvalue weighted by Crippen LogP contribution is 2.44. The van der Waals surface area contributed by atoms with Crippen molar-refractivity contribution in [1.82, 2.24) is 35.4 Å². The number of thioether (sulfide) groups is 2. The van der Waals surface area contributed by atoms with E-state index in [2.05, 4.69) is 42.9 Å². The van der Waals surface area contributed by atoms with Crippen molar-refractivity contribution in [2.45, 2.75) is 16.6 Å². The Morgan fingerprint density at radius 3 is 2.92 bits per heavy atom. The van der Waals surface area contributed by atoms with E-state index in [0.717, 1.165) is 11.3 Å². The van der Waals surface area contributed by atoms with Crippen molar-refractivity contribution >= 4 is 81.5 Å². The SMILES string of the molecule is C=CCON=C(C(=O)NC1C(=O)N2CC(CSc3nnnn3C)(C(=O)O)CS[C@H]12)c1nc(NC=O)sc1Cl. The van der Waals surface area contributed by atoms with Crippen LogP contribution in [0, 0.1) is 5.41 Å². The number of tetrazole rings is 1. The van der Waals surface area contributed by atoms with E-state index >= 15 is 0 Å². The molecule has 202 valence electrons. The van der Waals surface area contributed by atoms with Crippen LogP contribution in [0.4, 0.5) is 5.13 Å². The van der Waals surface area contributed by atoms with E-state index in [4.69, 9.17) is 16.4 Å². The molecule has 2 saturated heterocycles. The van der Waals surface area contributed by atoms with Crippen molar-refractivity contribution in [1.29, 1.82) is 0 Å². The number of fused-ring (bicyclic) bond motifs is 1. The number of hydrogen-bond donors (Lipinski definition) is 3. The maximum atomic E-state index is 13.2. The zero-order chi connectivity index (χ0) is 27.4. The molecule has 15 nitrogen and oxygen atoms in total. The van der Waals surface area contributed by atoms with E-state index in [1.807, 2.05) is 0 Å². The highest BCUT2D eigenvalue weighted by atomic mass is 35.5. The molecule has 38 heavy (non-hydrogen) atoms. The highest BCUT2D eigenvalue weighted by Gasteiger charge is 2.57. The molecule has 2 aliphatic heterocycles. The van der Waals surface area contributed by atoms with Crippen molar-refractivity contribution in [2.24, 2.45) is 17.6 Å². The van der Waals surface area contributed by atoms with Gasteiger partial charge in [-0.15, -0.1) is 16.9 Å². The summed E-state index contributed by atoms with van der Waals surface area (Å²) in [5.41, 5.74) is -1.57. The summed E-state index contributed by atoms with van der Waals surface area (Å²) in [5, 5.41) is 30.0. The normalized spacial score (nSPS) is 22.7. The number of thiazole rings is 1. The number of carbonyl (C=O) groups excluding carboxylic acids is 3. The summed E-state index contributed by atoms with van der Waals surface area (Å²) in [6.45, 7) is 3.47. The van der Waals surface area contributed by atoms with Crippen LogP contribution in [0.2, 0.25) is 4.34 Å².